The van der Waals surface area contributed by atoms with Crippen molar-refractivity contribution in [3.8, 4) is 0 Å². The minimum Gasteiger partial charge on any atom is -0.349 e. The molecule has 1 heterocycles. The molecule has 1 N–H and O–H groups in total. The van der Waals surface area contributed by atoms with Gasteiger partial charge in [-0.2, -0.15) is 0 Å². The first-order chi connectivity index (χ1) is 16.3. The molecule has 1 aliphatic heterocycles. The average molecular weight is 524 g/mol. The Kier molecular flexibility index (Phi) is 8.24. The quantitative estimate of drug-likeness (QED) is 0.508. The van der Waals surface area contributed by atoms with Gasteiger partial charge in [0.2, 0.25) is 15.9 Å². The standard InChI is InChI=1S/C26H32Cl2N2O3S/c1-2-25(21-11-10-19-6-3-4-7-20(19)15-21)29-26(31)22-8-5-13-30(16-22)34(32,33)17-18-9-12-23(27)24(28)14-18/h9-12,14-15,22,25H,2-8,13,16-17H2,1H3,(H,29,31). The minimum absolute atomic E-state index is 0.0667. The molecule has 1 amide bonds. The number of sulfonamides is 1. The maximum Gasteiger partial charge on any atom is 0.224 e. The summed E-state index contributed by atoms with van der Waals surface area (Å²) in [5, 5.41) is 3.92. The maximum absolute atomic E-state index is 13.2. The Morgan fingerprint density at radius 1 is 1.06 bits per heavy atom. The average Bonchev–Trinajstić information content (AvgIpc) is 2.84. The molecule has 1 aliphatic carbocycles. The summed E-state index contributed by atoms with van der Waals surface area (Å²) in [6.07, 6.45) is 6.83. The summed E-state index contributed by atoms with van der Waals surface area (Å²) in [7, 11) is -3.58. The molecule has 8 heteroatoms. The number of aryl methyl sites for hydroxylation is 2. The van der Waals surface area contributed by atoms with E-state index in [0.717, 1.165) is 24.8 Å². The minimum atomic E-state index is -3.58. The number of piperidine rings is 1. The van der Waals surface area contributed by atoms with Crippen molar-refractivity contribution in [2.45, 2.75) is 63.7 Å². The smallest absolute Gasteiger partial charge is 0.224 e. The number of nitrogens with zero attached hydrogens (tertiary/aromatic N) is 1. The second-order valence-electron chi connectivity index (χ2n) is 9.41. The number of halogens is 2. The predicted molar refractivity (Wildman–Crippen MR) is 138 cm³/mol. The van der Waals surface area contributed by atoms with Gasteiger partial charge in [-0.3, -0.25) is 4.79 Å². The van der Waals surface area contributed by atoms with Crippen LogP contribution in [0.3, 0.4) is 0 Å². The largest absolute Gasteiger partial charge is 0.349 e. The van der Waals surface area contributed by atoms with Crippen molar-refractivity contribution in [3.63, 3.8) is 0 Å². The van der Waals surface area contributed by atoms with Crippen LogP contribution < -0.4 is 5.32 Å². The molecular formula is C26H32Cl2N2O3S. The van der Waals surface area contributed by atoms with Crippen LogP contribution in [0.15, 0.2) is 36.4 Å². The zero-order valence-electron chi connectivity index (χ0n) is 19.5. The van der Waals surface area contributed by atoms with Gasteiger partial charge >= 0.3 is 0 Å². The van der Waals surface area contributed by atoms with Gasteiger partial charge < -0.3 is 5.32 Å². The van der Waals surface area contributed by atoms with Gasteiger partial charge in [-0.15, -0.1) is 0 Å². The highest BCUT2D eigenvalue weighted by atomic mass is 35.5. The first-order valence-electron chi connectivity index (χ1n) is 12.1. The van der Waals surface area contributed by atoms with Gasteiger partial charge in [-0.05, 0) is 79.3 Å². The van der Waals surface area contributed by atoms with Crippen LogP contribution in [-0.4, -0.2) is 31.7 Å². The molecule has 0 spiro atoms. The molecule has 0 bridgehead atoms. The molecule has 1 fully saturated rings. The molecule has 2 atom stereocenters. The number of hydrogen-bond donors (Lipinski definition) is 1. The lowest BCUT2D eigenvalue weighted by molar-refractivity contribution is -0.126. The van der Waals surface area contributed by atoms with E-state index in [4.69, 9.17) is 23.2 Å². The molecule has 1 saturated heterocycles. The van der Waals surface area contributed by atoms with E-state index in [-0.39, 0.29) is 30.2 Å². The molecule has 184 valence electrons. The van der Waals surface area contributed by atoms with E-state index in [0.29, 0.717) is 35.0 Å². The van der Waals surface area contributed by atoms with Crippen molar-refractivity contribution < 1.29 is 13.2 Å². The summed E-state index contributed by atoms with van der Waals surface area (Å²) in [5.41, 5.74) is 4.54. The summed E-state index contributed by atoms with van der Waals surface area (Å²) in [6, 6.07) is 11.4. The fraction of sp³-hybridized carbons (Fsp3) is 0.500. The van der Waals surface area contributed by atoms with Crippen molar-refractivity contribution in [2.24, 2.45) is 5.92 Å². The fourth-order valence-electron chi connectivity index (χ4n) is 5.02. The number of carbonyl (C=O) groups excluding carboxylic acids is 1. The Morgan fingerprint density at radius 2 is 1.82 bits per heavy atom. The van der Waals surface area contributed by atoms with Gasteiger partial charge in [0.15, 0.2) is 0 Å². The van der Waals surface area contributed by atoms with Gasteiger partial charge in [-0.25, -0.2) is 12.7 Å². The number of fused-ring (bicyclic) bond motifs is 1. The van der Waals surface area contributed by atoms with Crippen molar-refractivity contribution in [1.82, 2.24) is 9.62 Å². The Balaban J connectivity index is 1.41. The second kappa shape index (κ2) is 11.0. The number of rotatable bonds is 7. The van der Waals surface area contributed by atoms with Gasteiger partial charge in [0, 0.05) is 13.1 Å². The maximum atomic E-state index is 13.2. The zero-order chi connectivity index (χ0) is 24.3. The van der Waals surface area contributed by atoms with Gasteiger partial charge in [-0.1, -0.05) is 54.4 Å². The monoisotopic (exact) mass is 522 g/mol. The Bertz CT molecular complexity index is 1150. The lowest BCUT2D eigenvalue weighted by Crippen LogP contribution is -2.46. The van der Waals surface area contributed by atoms with E-state index in [1.54, 1.807) is 18.2 Å². The Hall–Kier alpha value is -1.60. The van der Waals surface area contributed by atoms with Gasteiger partial charge in [0.05, 0.1) is 27.8 Å². The highest BCUT2D eigenvalue weighted by molar-refractivity contribution is 7.88. The molecule has 4 rings (SSSR count). The lowest BCUT2D eigenvalue weighted by atomic mass is 9.88. The summed E-state index contributed by atoms with van der Waals surface area (Å²) in [6.45, 7) is 2.70. The van der Waals surface area contributed by atoms with Gasteiger partial charge in [0.1, 0.15) is 0 Å². The molecule has 0 saturated carbocycles. The Labute approximate surface area is 212 Å². The first kappa shape index (κ1) is 25.5. The molecule has 0 aromatic heterocycles. The summed E-state index contributed by atoms with van der Waals surface area (Å²) < 4.78 is 27.6. The molecule has 2 unspecified atom stereocenters. The highest BCUT2D eigenvalue weighted by Crippen LogP contribution is 2.28. The van der Waals surface area contributed by atoms with E-state index in [2.05, 4.69) is 30.4 Å². The van der Waals surface area contributed by atoms with Crippen LogP contribution in [0.2, 0.25) is 10.0 Å². The third kappa shape index (κ3) is 5.96. The Morgan fingerprint density at radius 3 is 2.56 bits per heavy atom. The zero-order valence-corrected chi connectivity index (χ0v) is 21.9. The topological polar surface area (TPSA) is 66.5 Å². The third-order valence-electron chi connectivity index (χ3n) is 6.98. The molecule has 2 aliphatic rings. The van der Waals surface area contributed by atoms with Crippen molar-refractivity contribution >= 4 is 39.1 Å². The van der Waals surface area contributed by atoms with Crippen LogP contribution in [0, 0.1) is 5.92 Å². The molecule has 0 radical (unpaired) electrons. The van der Waals surface area contributed by atoms with E-state index < -0.39 is 10.0 Å². The van der Waals surface area contributed by atoms with Crippen LogP contribution in [0.4, 0.5) is 0 Å². The van der Waals surface area contributed by atoms with E-state index in [1.807, 2.05) is 0 Å². The molecule has 5 nitrogen and oxygen atoms in total. The first-order valence-corrected chi connectivity index (χ1v) is 14.5. The predicted octanol–water partition coefficient (Wildman–Crippen LogP) is 5.68. The second-order valence-corrected chi connectivity index (χ2v) is 12.2. The van der Waals surface area contributed by atoms with E-state index in [9.17, 15) is 13.2 Å². The van der Waals surface area contributed by atoms with E-state index in [1.165, 1.54) is 28.3 Å². The van der Waals surface area contributed by atoms with Crippen molar-refractivity contribution in [1.29, 1.82) is 0 Å². The van der Waals surface area contributed by atoms with Crippen molar-refractivity contribution in [2.75, 3.05) is 13.1 Å². The molecule has 2 aromatic rings. The number of carbonyl (C=O) groups is 1. The van der Waals surface area contributed by atoms with Crippen LogP contribution in [-0.2, 0) is 33.4 Å². The van der Waals surface area contributed by atoms with Crippen LogP contribution in [0.1, 0.15) is 67.3 Å². The lowest BCUT2D eigenvalue weighted by Gasteiger charge is -2.32. The number of hydrogen-bond acceptors (Lipinski definition) is 3. The van der Waals surface area contributed by atoms with Gasteiger partial charge in [0.25, 0.3) is 0 Å². The fourth-order valence-corrected chi connectivity index (χ4v) is 6.94. The summed E-state index contributed by atoms with van der Waals surface area (Å²) in [5.74, 6) is -0.590. The number of benzene rings is 2. The summed E-state index contributed by atoms with van der Waals surface area (Å²) in [4.78, 5) is 13.2. The normalized spacial score (nSPS) is 19.9. The van der Waals surface area contributed by atoms with E-state index >= 15 is 0 Å². The van der Waals surface area contributed by atoms with Crippen LogP contribution >= 0.6 is 23.2 Å². The summed E-state index contributed by atoms with van der Waals surface area (Å²) >= 11 is 12.0. The third-order valence-corrected chi connectivity index (χ3v) is 9.54. The molecular weight excluding hydrogens is 491 g/mol. The number of nitrogens with one attached hydrogen (secondary N) is 1. The molecule has 2 aromatic carbocycles. The highest BCUT2D eigenvalue weighted by Gasteiger charge is 2.33. The van der Waals surface area contributed by atoms with Crippen molar-refractivity contribution in [3.05, 3.63) is 68.7 Å². The SMILES string of the molecule is CCC(NC(=O)C1CCCN(S(=O)(=O)Cc2ccc(Cl)c(Cl)c2)C1)c1ccc2c(c1)CCCC2. The number of amides is 1. The van der Waals surface area contributed by atoms with Crippen LogP contribution in [0.25, 0.3) is 0 Å². The molecule has 34 heavy (non-hydrogen) atoms. The van der Waals surface area contributed by atoms with Crippen LogP contribution in [0.5, 0.6) is 0 Å².